The Bertz CT molecular complexity index is 172. The van der Waals surface area contributed by atoms with E-state index in [1.807, 2.05) is 0 Å². The molecule has 0 spiro atoms. The van der Waals surface area contributed by atoms with Gasteiger partial charge in [0.25, 0.3) is 0 Å². The molecular formula is C14H28O2S. The third-order valence-electron chi connectivity index (χ3n) is 2.78. The second-order valence-electron chi connectivity index (χ2n) is 4.58. The first-order chi connectivity index (χ1) is 8.27. The van der Waals surface area contributed by atoms with Gasteiger partial charge < -0.3 is 5.11 Å². The lowest BCUT2D eigenvalue weighted by Gasteiger charge is -2.02. The lowest BCUT2D eigenvalue weighted by atomic mass is 10.1. The molecule has 3 heteroatoms. The van der Waals surface area contributed by atoms with E-state index in [1.54, 1.807) is 0 Å². The van der Waals surface area contributed by atoms with Gasteiger partial charge in [0.1, 0.15) is 0 Å². The van der Waals surface area contributed by atoms with Crippen molar-refractivity contribution in [2.24, 2.45) is 0 Å². The number of carbonyl (C=O) groups is 1. The van der Waals surface area contributed by atoms with Crippen LogP contribution in [0.15, 0.2) is 0 Å². The number of thioether (sulfide) groups is 1. The summed E-state index contributed by atoms with van der Waals surface area (Å²) in [5.74, 6) is 1.98. The number of hydrogen-bond acceptors (Lipinski definition) is 2. The molecule has 0 bridgehead atoms. The van der Waals surface area contributed by atoms with Gasteiger partial charge in [-0.1, -0.05) is 45.4 Å². The van der Waals surface area contributed by atoms with Gasteiger partial charge in [0.15, 0.2) is 0 Å². The van der Waals surface area contributed by atoms with Crippen LogP contribution in [0.4, 0.5) is 0 Å². The highest BCUT2D eigenvalue weighted by molar-refractivity contribution is 7.99. The summed E-state index contributed by atoms with van der Waals surface area (Å²) in [6, 6.07) is 0. The molecule has 0 unspecified atom stereocenters. The summed E-state index contributed by atoms with van der Waals surface area (Å²) in [5, 5.41) is 8.47. The van der Waals surface area contributed by atoms with Gasteiger partial charge in [-0.15, -0.1) is 0 Å². The number of unbranched alkanes of at least 4 members (excludes halogenated alkanes) is 7. The highest BCUT2D eigenvalue weighted by atomic mass is 32.2. The number of carboxylic acid groups (broad SMARTS) is 1. The summed E-state index contributed by atoms with van der Waals surface area (Å²) in [6.45, 7) is 2.23. The first kappa shape index (κ1) is 16.8. The standard InChI is InChI=1S/C14H28O2S/c1-2-12-17-13-10-8-6-4-3-5-7-9-11-14(15)16/h2-13H2,1H3,(H,15,16). The smallest absolute Gasteiger partial charge is 0.303 e. The van der Waals surface area contributed by atoms with Crippen LogP contribution < -0.4 is 0 Å². The zero-order chi connectivity index (χ0) is 12.8. The molecule has 0 atom stereocenters. The lowest BCUT2D eigenvalue weighted by Crippen LogP contribution is -1.93. The SMILES string of the molecule is CCCSCCCCCCCCCCC(=O)O. The van der Waals surface area contributed by atoms with E-state index in [2.05, 4.69) is 18.7 Å². The lowest BCUT2D eigenvalue weighted by molar-refractivity contribution is -0.137. The van der Waals surface area contributed by atoms with E-state index in [0.717, 1.165) is 12.8 Å². The zero-order valence-corrected chi connectivity index (χ0v) is 12.1. The molecule has 0 aliphatic heterocycles. The van der Waals surface area contributed by atoms with Crippen LogP contribution in [0.3, 0.4) is 0 Å². The van der Waals surface area contributed by atoms with Crippen molar-refractivity contribution >= 4 is 17.7 Å². The topological polar surface area (TPSA) is 37.3 Å². The van der Waals surface area contributed by atoms with Crippen LogP contribution in [-0.2, 0) is 4.79 Å². The largest absolute Gasteiger partial charge is 0.481 e. The quantitative estimate of drug-likeness (QED) is 0.487. The van der Waals surface area contributed by atoms with Gasteiger partial charge in [-0.2, -0.15) is 11.8 Å². The minimum absolute atomic E-state index is 0.342. The van der Waals surface area contributed by atoms with Crippen LogP contribution in [0, 0.1) is 0 Å². The molecule has 1 N–H and O–H groups in total. The molecule has 0 aliphatic carbocycles. The van der Waals surface area contributed by atoms with Gasteiger partial charge in [-0.3, -0.25) is 4.79 Å². The van der Waals surface area contributed by atoms with E-state index in [1.165, 1.54) is 56.5 Å². The molecule has 0 rings (SSSR count). The minimum atomic E-state index is -0.658. The van der Waals surface area contributed by atoms with Gasteiger partial charge in [0, 0.05) is 6.42 Å². The Morgan fingerprint density at radius 3 is 1.94 bits per heavy atom. The van der Waals surface area contributed by atoms with Crippen molar-refractivity contribution < 1.29 is 9.90 Å². The Balaban J connectivity index is 2.91. The van der Waals surface area contributed by atoms with Crippen LogP contribution in [-0.4, -0.2) is 22.6 Å². The predicted molar refractivity (Wildman–Crippen MR) is 76.8 cm³/mol. The van der Waals surface area contributed by atoms with E-state index >= 15 is 0 Å². The van der Waals surface area contributed by atoms with Crippen LogP contribution in [0.2, 0.25) is 0 Å². The summed E-state index contributed by atoms with van der Waals surface area (Å²) in [5.41, 5.74) is 0. The fraction of sp³-hybridized carbons (Fsp3) is 0.929. The van der Waals surface area contributed by atoms with Crippen LogP contribution >= 0.6 is 11.8 Å². The van der Waals surface area contributed by atoms with Crippen molar-refractivity contribution in [3.05, 3.63) is 0 Å². The molecule has 0 amide bonds. The highest BCUT2D eigenvalue weighted by Gasteiger charge is 1.96. The minimum Gasteiger partial charge on any atom is -0.481 e. The van der Waals surface area contributed by atoms with Crippen molar-refractivity contribution in [3.63, 3.8) is 0 Å². The molecule has 0 radical (unpaired) electrons. The molecule has 0 saturated carbocycles. The van der Waals surface area contributed by atoms with E-state index in [-0.39, 0.29) is 0 Å². The molecule has 0 aromatic carbocycles. The molecule has 0 saturated heterocycles. The molecule has 17 heavy (non-hydrogen) atoms. The molecule has 102 valence electrons. The van der Waals surface area contributed by atoms with Crippen LogP contribution in [0.1, 0.15) is 71.1 Å². The third-order valence-corrected chi connectivity index (χ3v) is 4.05. The Morgan fingerprint density at radius 2 is 1.41 bits per heavy atom. The second kappa shape index (κ2) is 13.9. The first-order valence-electron chi connectivity index (χ1n) is 7.07. The van der Waals surface area contributed by atoms with E-state index in [9.17, 15) is 4.79 Å². The Kier molecular flexibility index (Phi) is 13.7. The number of hydrogen-bond donors (Lipinski definition) is 1. The molecule has 0 aromatic rings. The highest BCUT2D eigenvalue weighted by Crippen LogP contribution is 2.12. The molecule has 0 heterocycles. The van der Waals surface area contributed by atoms with Crippen molar-refractivity contribution in [1.29, 1.82) is 0 Å². The average Bonchev–Trinajstić information content (AvgIpc) is 2.30. The summed E-state index contributed by atoms with van der Waals surface area (Å²) in [6.07, 6.45) is 11.5. The Hall–Kier alpha value is -0.180. The molecule has 2 nitrogen and oxygen atoms in total. The van der Waals surface area contributed by atoms with E-state index in [4.69, 9.17) is 5.11 Å². The van der Waals surface area contributed by atoms with Crippen LogP contribution in [0.25, 0.3) is 0 Å². The fourth-order valence-electron chi connectivity index (χ4n) is 1.79. The van der Waals surface area contributed by atoms with Crippen molar-refractivity contribution in [1.82, 2.24) is 0 Å². The normalized spacial score (nSPS) is 10.6. The van der Waals surface area contributed by atoms with Crippen molar-refractivity contribution in [3.8, 4) is 0 Å². The maximum absolute atomic E-state index is 10.3. The average molecular weight is 260 g/mol. The number of carboxylic acids is 1. The summed E-state index contributed by atoms with van der Waals surface area (Å²) >= 11 is 2.08. The van der Waals surface area contributed by atoms with Gasteiger partial charge >= 0.3 is 5.97 Å². The summed E-state index contributed by atoms with van der Waals surface area (Å²) in [7, 11) is 0. The third kappa shape index (κ3) is 15.8. The van der Waals surface area contributed by atoms with Gasteiger partial charge in [-0.05, 0) is 30.8 Å². The predicted octanol–water partition coefficient (Wildman–Crippen LogP) is 4.73. The van der Waals surface area contributed by atoms with Crippen molar-refractivity contribution in [2.45, 2.75) is 71.1 Å². The Labute approximate surface area is 111 Å². The monoisotopic (exact) mass is 260 g/mol. The van der Waals surface area contributed by atoms with E-state index < -0.39 is 5.97 Å². The maximum Gasteiger partial charge on any atom is 0.303 e. The van der Waals surface area contributed by atoms with Crippen LogP contribution in [0.5, 0.6) is 0 Å². The molecule has 0 aromatic heterocycles. The van der Waals surface area contributed by atoms with Gasteiger partial charge in [-0.25, -0.2) is 0 Å². The molecular weight excluding hydrogens is 232 g/mol. The zero-order valence-electron chi connectivity index (χ0n) is 11.2. The van der Waals surface area contributed by atoms with E-state index in [0.29, 0.717) is 6.42 Å². The fourth-order valence-corrected chi connectivity index (χ4v) is 2.69. The first-order valence-corrected chi connectivity index (χ1v) is 8.22. The maximum atomic E-state index is 10.3. The molecule has 0 aliphatic rings. The summed E-state index contributed by atoms with van der Waals surface area (Å²) in [4.78, 5) is 10.3. The van der Waals surface area contributed by atoms with Crippen molar-refractivity contribution in [2.75, 3.05) is 11.5 Å². The Morgan fingerprint density at radius 1 is 0.882 bits per heavy atom. The number of aliphatic carboxylic acids is 1. The second-order valence-corrected chi connectivity index (χ2v) is 5.81. The van der Waals surface area contributed by atoms with Gasteiger partial charge in [0.2, 0.25) is 0 Å². The molecule has 0 fully saturated rings. The van der Waals surface area contributed by atoms with Gasteiger partial charge in [0.05, 0.1) is 0 Å². The summed E-state index contributed by atoms with van der Waals surface area (Å²) < 4.78 is 0. The number of rotatable bonds is 13.